The van der Waals surface area contributed by atoms with Gasteiger partial charge in [0, 0.05) is 38.8 Å². The van der Waals surface area contributed by atoms with Crippen molar-refractivity contribution in [2.45, 2.75) is 51.5 Å². The molecule has 2 heterocycles. The molecule has 3 aliphatic rings. The van der Waals surface area contributed by atoms with Gasteiger partial charge in [0.15, 0.2) is 15.8 Å². The number of aliphatic imine (C=N–C) groups is 1. The van der Waals surface area contributed by atoms with Gasteiger partial charge in [-0.3, -0.25) is 4.90 Å². The molecule has 0 aromatic carbocycles. The summed E-state index contributed by atoms with van der Waals surface area (Å²) in [6, 6.07) is 0.772. The van der Waals surface area contributed by atoms with E-state index in [-0.39, 0.29) is 29.9 Å². The summed E-state index contributed by atoms with van der Waals surface area (Å²) >= 11 is 0. The Morgan fingerprint density at radius 3 is 2.36 bits per heavy atom. The average Bonchev–Trinajstić information content (AvgIpc) is 3.01. The summed E-state index contributed by atoms with van der Waals surface area (Å²) in [5.41, 5.74) is 1.04. The zero-order chi connectivity index (χ0) is 19.3. The van der Waals surface area contributed by atoms with E-state index in [0.29, 0.717) is 24.6 Å². The van der Waals surface area contributed by atoms with E-state index in [9.17, 15) is 8.42 Å². The van der Waals surface area contributed by atoms with Crippen molar-refractivity contribution in [2.75, 3.05) is 50.8 Å². The van der Waals surface area contributed by atoms with Crippen LogP contribution in [0.25, 0.3) is 0 Å². The molecule has 0 aromatic rings. The maximum atomic E-state index is 11.7. The summed E-state index contributed by atoms with van der Waals surface area (Å²) in [6.45, 7) is 11.4. The van der Waals surface area contributed by atoms with Crippen LogP contribution in [0.5, 0.6) is 0 Å². The summed E-state index contributed by atoms with van der Waals surface area (Å²) in [6.07, 6.45) is 7.62. The minimum absolute atomic E-state index is 0. The van der Waals surface area contributed by atoms with Gasteiger partial charge < -0.3 is 10.2 Å². The van der Waals surface area contributed by atoms with Crippen molar-refractivity contribution >= 4 is 39.8 Å². The van der Waals surface area contributed by atoms with Crippen LogP contribution in [0.2, 0.25) is 0 Å². The highest BCUT2D eigenvalue weighted by atomic mass is 127. The van der Waals surface area contributed by atoms with Crippen LogP contribution in [-0.2, 0) is 9.84 Å². The van der Waals surface area contributed by atoms with Crippen molar-refractivity contribution < 1.29 is 8.42 Å². The Morgan fingerprint density at radius 1 is 1.11 bits per heavy atom. The number of hydrogen-bond donors (Lipinski definition) is 1. The van der Waals surface area contributed by atoms with Gasteiger partial charge >= 0.3 is 0 Å². The number of halogens is 1. The van der Waals surface area contributed by atoms with Crippen molar-refractivity contribution in [2.24, 2.45) is 10.9 Å². The Kier molecular flexibility index (Phi) is 9.53. The van der Waals surface area contributed by atoms with E-state index in [4.69, 9.17) is 4.99 Å². The molecule has 162 valence electrons. The molecule has 0 aromatic heterocycles. The second-order valence-electron chi connectivity index (χ2n) is 8.56. The van der Waals surface area contributed by atoms with E-state index >= 15 is 0 Å². The topological polar surface area (TPSA) is 65.0 Å². The van der Waals surface area contributed by atoms with Gasteiger partial charge in [0.2, 0.25) is 0 Å². The van der Waals surface area contributed by atoms with Crippen LogP contribution in [-0.4, -0.2) is 81.0 Å². The summed E-state index contributed by atoms with van der Waals surface area (Å²) in [5, 5.41) is 3.47. The molecule has 1 N–H and O–H groups in total. The first kappa shape index (κ1) is 23.9. The van der Waals surface area contributed by atoms with Crippen LogP contribution in [0, 0.1) is 5.92 Å². The Balaban J connectivity index is 0.00000280. The lowest BCUT2D eigenvalue weighted by atomic mass is 9.94. The molecule has 1 saturated carbocycles. The quantitative estimate of drug-likeness (QED) is 0.259. The molecule has 6 nitrogen and oxygen atoms in total. The Labute approximate surface area is 188 Å². The summed E-state index contributed by atoms with van der Waals surface area (Å²) in [7, 11) is -2.83. The standard InChI is InChI=1S/C20H36N4O2S.HI/c1-17(2)14-21-20(22-15-18-8-13-27(25,26)16-18)24-11-9-23(10-12-24)19-6-4-3-5-7-19;/h18-19H,1,3-16H2,2H3,(H,21,22);1H. The molecule has 8 heteroatoms. The predicted molar refractivity (Wildman–Crippen MR) is 127 cm³/mol. The molecule has 2 aliphatic heterocycles. The third kappa shape index (κ3) is 7.16. The fourth-order valence-corrected chi connectivity index (χ4v) is 6.35. The zero-order valence-corrected chi connectivity index (χ0v) is 20.4. The maximum absolute atomic E-state index is 11.7. The van der Waals surface area contributed by atoms with E-state index < -0.39 is 9.84 Å². The minimum atomic E-state index is -2.83. The molecule has 0 radical (unpaired) electrons. The molecule has 2 saturated heterocycles. The highest BCUT2D eigenvalue weighted by molar-refractivity contribution is 14.0. The first-order valence-electron chi connectivity index (χ1n) is 10.5. The fraction of sp³-hybridized carbons (Fsp3) is 0.850. The highest BCUT2D eigenvalue weighted by Gasteiger charge is 2.29. The second kappa shape index (κ2) is 11.2. The molecule has 1 aliphatic carbocycles. The predicted octanol–water partition coefficient (Wildman–Crippen LogP) is 2.51. The summed E-state index contributed by atoms with van der Waals surface area (Å²) in [4.78, 5) is 9.75. The zero-order valence-electron chi connectivity index (χ0n) is 17.2. The van der Waals surface area contributed by atoms with Gasteiger partial charge in [0.25, 0.3) is 0 Å². The molecule has 0 amide bonds. The monoisotopic (exact) mass is 524 g/mol. The number of nitrogens with zero attached hydrogens (tertiary/aromatic N) is 3. The lowest BCUT2D eigenvalue weighted by molar-refractivity contribution is 0.106. The third-order valence-electron chi connectivity index (χ3n) is 6.08. The summed E-state index contributed by atoms with van der Waals surface area (Å²) < 4.78 is 23.4. The number of guanidine groups is 1. The number of nitrogens with one attached hydrogen (secondary N) is 1. The Bertz CT molecular complexity index is 639. The van der Waals surface area contributed by atoms with E-state index in [1.54, 1.807) is 0 Å². The van der Waals surface area contributed by atoms with E-state index in [1.165, 1.54) is 32.1 Å². The van der Waals surface area contributed by atoms with Gasteiger partial charge in [-0.15, -0.1) is 24.0 Å². The normalized spacial score (nSPS) is 26.7. The van der Waals surface area contributed by atoms with Crippen molar-refractivity contribution in [3.8, 4) is 0 Å². The van der Waals surface area contributed by atoms with Gasteiger partial charge in [-0.25, -0.2) is 13.4 Å². The van der Waals surface area contributed by atoms with E-state index in [1.807, 2.05) is 6.92 Å². The van der Waals surface area contributed by atoms with Crippen molar-refractivity contribution in [1.82, 2.24) is 15.1 Å². The molecule has 3 rings (SSSR count). The Hall–Kier alpha value is -0.350. The number of hydrogen-bond acceptors (Lipinski definition) is 4. The molecule has 3 fully saturated rings. The van der Waals surface area contributed by atoms with Crippen LogP contribution in [0.15, 0.2) is 17.1 Å². The first-order valence-corrected chi connectivity index (χ1v) is 12.4. The first-order chi connectivity index (χ1) is 12.9. The lowest BCUT2D eigenvalue weighted by Gasteiger charge is -2.41. The summed E-state index contributed by atoms with van der Waals surface area (Å²) in [5.74, 6) is 1.76. The maximum Gasteiger partial charge on any atom is 0.194 e. The van der Waals surface area contributed by atoms with E-state index in [0.717, 1.165) is 50.2 Å². The van der Waals surface area contributed by atoms with Gasteiger partial charge in [-0.1, -0.05) is 31.4 Å². The van der Waals surface area contributed by atoms with Crippen molar-refractivity contribution in [1.29, 1.82) is 0 Å². The van der Waals surface area contributed by atoms with E-state index in [2.05, 4.69) is 21.7 Å². The lowest BCUT2D eigenvalue weighted by Crippen LogP contribution is -2.55. The molecule has 0 spiro atoms. The highest BCUT2D eigenvalue weighted by Crippen LogP contribution is 2.23. The van der Waals surface area contributed by atoms with Crippen LogP contribution in [0.4, 0.5) is 0 Å². The number of sulfone groups is 1. The number of piperazine rings is 1. The van der Waals surface area contributed by atoms with Crippen molar-refractivity contribution in [3.05, 3.63) is 12.2 Å². The number of rotatable bonds is 5. The van der Waals surface area contributed by atoms with Crippen molar-refractivity contribution in [3.63, 3.8) is 0 Å². The van der Waals surface area contributed by atoms with Crippen LogP contribution >= 0.6 is 24.0 Å². The molecule has 1 atom stereocenters. The Morgan fingerprint density at radius 2 is 1.79 bits per heavy atom. The minimum Gasteiger partial charge on any atom is -0.356 e. The van der Waals surface area contributed by atoms with Crippen LogP contribution in [0.1, 0.15) is 45.4 Å². The van der Waals surface area contributed by atoms with Crippen LogP contribution in [0.3, 0.4) is 0 Å². The van der Waals surface area contributed by atoms with Gasteiger partial charge in [-0.2, -0.15) is 0 Å². The molecular formula is C20H37IN4O2S. The van der Waals surface area contributed by atoms with Gasteiger partial charge in [0.05, 0.1) is 18.1 Å². The van der Waals surface area contributed by atoms with Crippen LogP contribution < -0.4 is 5.32 Å². The molecule has 28 heavy (non-hydrogen) atoms. The SMILES string of the molecule is C=C(C)CN=C(NCC1CCS(=O)(=O)C1)N1CCN(C2CCCCC2)CC1.I. The molecule has 1 unspecified atom stereocenters. The second-order valence-corrected chi connectivity index (χ2v) is 10.8. The molecular weight excluding hydrogens is 487 g/mol. The average molecular weight is 525 g/mol. The smallest absolute Gasteiger partial charge is 0.194 e. The van der Waals surface area contributed by atoms with Gasteiger partial charge in [0.1, 0.15) is 0 Å². The van der Waals surface area contributed by atoms with Gasteiger partial charge in [-0.05, 0) is 32.1 Å². The fourth-order valence-electron chi connectivity index (χ4n) is 4.49. The third-order valence-corrected chi connectivity index (χ3v) is 7.92. The largest absolute Gasteiger partial charge is 0.356 e. The molecule has 0 bridgehead atoms.